The summed E-state index contributed by atoms with van der Waals surface area (Å²) >= 11 is 7.20. The van der Waals surface area contributed by atoms with Gasteiger partial charge in [-0.25, -0.2) is 0 Å². The van der Waals surface area contributed by atoms with Gasteiger partial charge < -0.3 is 9.47 Å². The van der Waals surface area contributed by atoms with Crippen LogP contribution in [-0.4, -0.2) is 25.7 Å². The van der Waals surface area contributed by atoms with E-state index in [0.29, 0.717) is 0 Å². The molecule has 1 heterocycles. The van der Waals surface area contributed by atoms with E-state index in [1.165, 1.54) is 12.0 Å². The summed E-state index contributed by atoms with van der Waals surface area (Å²) in [6.07, 6.45) is 3.42. The van der Waals surface area contributed by atoms with Crippen molar-refractivity contribution in [2.24, 2.45) is 5.41 Å². The number of halogens is 2. The van der Waals surface area contributed by atoms with Crippen molar-refractivity contribution in [1.29, 1.82) is 0 Å². The van der Waals surface area contributed by atoms with Gasteiger partial charge in [0.15, 0.2) is 0 Å². The van der Waals surface area contributed by atoms with Crippen LogP contribution >= 0.6 is 31.9 Å². The van der Waals surface area contributed by atoms with Crippen molar-refractivity contribution < 1.29 is 9.47 Å². The Labute approximate surface area is 125 Å². The third-order valence-corrected chi connectivity index (χ3v) is 5.29. The van der Waals surface area contributed by atoms with Crippen LogP contribution in [0.4, 0.5) is 0 Å². The molecule has 0 saturated carbocycles. The van der Waals surface area contributed by atoms with Crippen molar-refractivity contribution in [2.45, 2.75) is 19.3 Å². The zero-order valence-electron chi connectivity index (χ0n) is 10.5. The predicted molar refractivity (Wildman–Crippen MR) is 80.7 cm³/mol. The lowest BCUT2D eigenvalue weighted by atomic mass is 9.79. The van der Waals surface area contributed by atoms with Crippen LogP contribution in [-0.2, 0) is 11.2 Å². The molecule has 1 fully saturated rings. The first kappa shape index (κ1) is 14.4. The fourth-order valence-electron chi connectivity index (χ4n) is 2.45. The Morgan fingerprint density at radius 3 is 2.83 bits per heavy atom. The molecule has 1 saturated heterocycles. The highest BCUT2D eigenvalue weighted by Gasteiger charge is 2.32. The van der Waals surface area contributed by atoms with E-state index in [2.05, 4.69) is 44.0 Å². The molecule has 2 rings (SSSR count). The molecule has 0 aromatic heterocycles. The molecule has 1 unspecified atom stereocenters. The molecule has 0 radical (unpaired) electrons. The van der Waals surface area contributed by atoms with Gasteiger partial charge in [-0.05, 0) is 52.9 Å². The molecule has 1 aliphatic rings. The van der Waals surface area contributed by atoms with E-state index in [0.717, 1.165) is 41.6 Å². The van der Waals surface area contributed by atoms with Gasteiger partial charge in [0.25, 0.3) is 0 Å². The lowest BCUT2D eigenvalue weighted by molar-refractivity contribution is 0.00614. The Balaban J connectivity index is 2.14. The fraction of sp³-hybridized carbons (Fsp3) is 0.571. The number of hydrogen-bond acceptors (Lipinski definition) is 2. The monoisotopic (exact) mass is 376 g/mol. The molecule has 100 valence electrons. The van der Waals surface area contributed by atoms with Gasteiger partial charge in [0, 0.05) is 17.4 Å². The van der Waals surface area contributed by atoms with Crippen LogP contribution in [0.1, 0.15) is 18.4 Å². The van der Waals surface area contributed by atoms with Crippen molar-refractivity contribution in [3.63, 3.8) is 0 Å². The SMILES string of the molecule is COc1ccc(CC2(CBr)CCCOC2)cc1Br. The highest BCUT2D eigenvalue weighted by atomic mass is 79.9. The molecule has 0 N–H and O–H groups in total. The maximum Gasteiger partial charge on any atom is 0.133 e. The van der Waals surface area contributed by atoms with Crippen molar-refractivity contribution >= 4 is 31.9 Å². The van der Waals surface area contributed by atoms with Gasteiger partial charge in [0.1, 0.15) is 5.75 Å². The molecule has 1 aliphatic heterocycles. The van der Waals surface area contributed by atoms with E-state index >= 15 is 0 Å². The van der Waals surface area contributed by atoms with Crippen molar-refractivity contribution in [3.05, 3.63) is 28.2 Å². The van der Waals surface area contributed by atoms with Gasteiger partial charge in [-0.2, -0.15) is 0 Å². The summed E-state index contributed by atoms with van der Waals surface area (Å²) in [6.45, 7) is 1.75. The summed E-state index contributed by atoms with van der Waals surface area (Å²) in [7, 11) is 1.69. The molecule has 0 spiro atoms. The topological polar surface area (TPSA) is 18.5 Å². The first-order valence-corrected chi connectivity index (χ1v) is 8.07. The van der Waals surface area contributed by atoms with E-state index < -0.39 is 0 Å². The average molecular weight is 378 g/mol. The van der Waals surface area contributed by atoms with Gasteiger partial charge in [0.2, 0.25) is 0 Å². The Bertz CT molecular complexity index is 401. The molecule has 0 amide bonds. The predicted octanol–water partition coefficient (Wildman–Crippen LogP) is 4.19. The molecule has 0 bridgehead atoms. The number of rotatable bonds is 4. The average Bonchev–Trinajstić information content (AvgIpc) is 2.40. The summed E-state index contributed by atoms with van der Waals surface area (Å²) < 4.78 is 11.9. The Morgan fingerprint density at radius 2 is 2.28 bits per heavy atom. The van der Waals surface area contributed by atoms with Crippen LogP contribution in [0.25, 0.3) is 0 Å². The highest BCUT2D eigenvalue weighted by Crippen LogP contribution is 2.36. The first-order chi connectivity index (χ1) is 8.69. The van der Waals surface area contributed by atoms with E-state index in [-0.39, 0.29) is 5.41 Å². The highest BCUT2D eigenvalue weighted by molar-refractivity contribution is 9.10. The Hall–Kier alpha value is -0.0600. The van der Waals surface area contributed by atoms with Gasteiger partial charge in [-0.15, -0.1) is 0 Å². The lowest BCUT2D eigenvalue weighted by Gasteiger charge is -2.35. The standard InChI is InChI=1S/C14H18Br2O2/c1-17-13-4-3-11(7-12(13)16)8-14(9-15)5-2-6-18-10-14/h3-4,7H,2,5-6,8-10H2,1H3. The third kappa shape index (κ3) is 3.28. The van der Waals surface area contributed by atoms with Crippen LogP contribution in [0.15, 0.2) is 22.7 Å². The minimum atomic E-state index is 0.242. The summed E-state index contributed by atoms with van der Waals surface area (Å²) in [5.74, 6) is 0.881. The van der Waals surface area contributed by atoms with Crippen LogP contribution in [0.5, 0.6) is 5.75 Å². The second-order valence-electron chi connectivity index (χ2n) is 4.94. The lowest BCUT2D eigenvalue weighted by Crippen LogP contribution is -2.35. The van der Waals surface area contributed by atoms with E-state index in [4.69, 9.17) is 9.47 Å². The molecule has 1 atom stereocenters. The van der Waals surface area contributed by atoms with Gasteiger partial charge in [-0.1, -0.05) is 22.0 Å². The Morgan fingerprint density at radius 1 is 1.44 bits per heavy atom. The van der Waals surface area contributed by atoms with Gasteiger partial charge >= 0.3 is 0 Å². The first-order valence-electron chi connectivity index (χ1n) is 6.15. The Kier molecular flexibility index (Phi) is 5.10. The van der Waals surface area contributed by atoms with Crippen molar-refractivity contribution in [3.8, 4) is 5.75 Å². The number of methoxy groups -OCH3 is 1. The quantitative estimate of drug-likeness (QED) is 0.732. The second-order valence-corrected chi connectivity index (χ2v) is 6.35. The van der Waals surface area contributed by atoms with Crippen LogP contribution in [0.2, 0.25) is 0 Å². The van der Waals surface area contributed by atoms with Crippen molar-refractivity contribution in [1.82, 2.24) is 0 Å². The zero-order valence-corrected chi connectivity index (χ0v) is 13.7. The van der Waals surface area contributed by atoms with Gasteiger partial charge in [-0.3, -0.25) is 0 Å². The molecular weight excluding hydrogens is 360 g/mol. The molecule has 4 heteroatoms. The van der Waals surface area contributed by atoms with Gasteiger partial charge in [0.05, 0.1) is 18.2 Å². The fourth-order valence-corrected chi connectivity index (χ4v) is 3.68. The number of alkyl halides is 1. The zero-order chi connectivity index (χ0) is 13.0. The minimum absolute atomic E-state index is 0.242. The minimum Gasteiger partial charge on any atom is -0.496 e. The number of hydrogen-bond donors (Lipinski definition) is 0. The smallest absolute Gasteiger partial charge is 0.133 e. The second kappa shape index (κ2) is 6.40. The summed E-state index contributed by atoms with van der Waals surface area (Å²) in [6, 6.07) is 6.31. The van der Waals surface area contributed by atoms with Crippen LogP contribution in [0, 0.1) is 5.41 Å². The molecular formula is C14H18Br2O2. The molecule has 1 aromatic carbocycles. The number of ether oxygens (including phenoxy) is 2. The largest absolute Gasteiger partial charge is 0.496 e. The third-order valence-electron chi connectivity index (χ3n) is 3.48. The van der Waals surface area contributed by atoms with Crippen LogP contribution in [0.3, 0.4) is 0 Å². The van der Waals surface area contributed by atoms with Crippen molar-refractivity contribution in [2.75, 3.05) is 25.7 Å². The molecule has 0 aliphatic carbocycles. The van der Waals surface area contributed by atoms with E-state index in [1.807, 2.05) is 6.07 Å². The van der Waals surface area contributed by atoms with Crippen LogP contribution < -0.4 is 4.74 Å². The summed E-state index contributed by atoms with van der Waals surface area (Å²) in [5.41, 5.74) is 1.57. The summed E-state index contributed by atoms with van der Waals surface area (Å²) in [5, 5.41) is 0.990. The van der Waals surface area contributed by atoms with E-state index in [1.54, 1.807) is 7.11 Å². The maximum atomic E-state index is 5.66. The molecule has 2 nitrogen and oxygen atoms in total. The normalized spacial score (nSPS) is 23.9. The summed E-state index contributed by atoms with van der Waals surface area (Å²) in [4.78, 5) is 0. The van der Waals surface area contributed by atoms with E-state index in [9.17, 15) is 0 Å². The molecule has 1 aromatic rings. The molecule has 18 heavy (non-hydrogen) atoms. The maximum absolute atomic E-state index is 5.66. The number of benzene rings is 1.